The first-order valence-corrected chi connectivity index (χ1v) is 7.10. The van der Waals surface area contributed by atoms with E-state index in [1.807, 2.05) is 6.92 Å². The second-order valence-electron chi connectivity index (χ2n) is 5.10. The Morgan fingerprint density at radius 1 is 1.12 bits per heavy atom. The lowest BCUT2D eigenvalue weighted by atomic mass is 10.1. The molecule has 17 heavy (non-hydrogen) atoms. The van der Waals surface area contributed by atoms with Crippen molar-refractivity contribution in [2.24, 2.45) is 11.8 Å². The van der Waals surface area contributed by atoms with Gasteiger partial charge in [0.1, 0.15) is 0 Å². The molecular weight excluding hydrogens is 216 g/mol. The fraction of sp³-hybridized carbons (Fsp3) is 0.929. The van der Waals surface area contributed by atoms with Crippen LogP contribution >= 0.6 is 0 Å². The van der Waals surface area contributed by atoms with Gasteiger partial charge in [0, 0.05) is 6.42 Å². The van der Waals surface area contributed by atoms with E-state index in [9.17, 15) is 4.79 Å². The topological polar surface area (TPSA) is 35.5 Å². The lowest BCUT2D eigenvalue weighted by Gasteiger charge is -2.02. The molecule has 1 aliphatic rings. The van der Waals surface area contributed by atoms with Gasteiger partial charge in [-0.1, -0.05) is 46.0 Å². The molecule has 0 spiro atoms. The van der Waals surface area contributed by atoms with Crippen LogP contribution in [0.5, 0.6) is 0 Å². The summed E-state index contributed by atoms with van der Waals surface area (Å²) in [5.74, 6) is 1.20. The van der Waals surface area contributed by atoms with E-state index < -0.39 is 0 Å². The van der Waals surface area contributed by atoms with Crippen molar-refractivity contribution in [2.45, 2.75) is 65.2 Å². The van der Waals surface area contributed by atoms with E-state index in [1.54, 1.807) is 0 Å². The summed E-state index contributed by atoms with van der Waals surface area (Å²) in [6.07, 6.45) is 9.16. The van der Waals surface area contributed by atoms with Crippen molar-refractivity contribution in [1.29, 1.82) is 0 Å². The Morgan fingerprint density at radius 2 is 1.94 bits per heavy atom. The summed E-state index contributed by atoms with van der Waals surface area (Å²) < 4.78 is 0. The van der Waals surface area contributed by atoms with Crippen molar-refractivity contribution >= 4 is 5.97 Å². The third kappa shape index (κ3) is 6.67. The van der Waals surface area contributed by atoms with Gasteiger partial charge in [0.2, 0.25) is 0 Å². The fourth-order valence-electron chi connectivity index (χ4n) is 2.13. The number of rotatable bonds is 10. The Hall–Kier alpha value is -0.570. The average molecular weight is 242 g/mol. The van der Waals surface area contributed by atoms with Crippen LogP contribution in [0.2, 0.25) is 0 Å². The third-order valence-corrected chi connectivity index (χ3v) is 3.39. The maximum atomic E-state index is 11.0. The van der Waals surface area contributed by atoms with Gasteiger partial charge in [0.25, 0.3) is 0 Å². The molecule has 2 unspecified atom stereocenters. The standard InChI is InChI=1S/C14H26O3/c1-3-5-6-7-9-12-10-13(12)11-16-17-14(15)8-4-2/h12-13H,3-11H2,1-2H3. The highest BCUT2D eigenvalue weighted by Gasteiger charge is 2.36. The first kappa shape index (κ1) is 14.5. The molecule has 100 valence electrons. The predicted molar refractivity (Wildman–Crippen MR) is 67.3 cm³/mol. The zero-order chi connectivity index (χ0) is 12.5. The summed E-state index contributed by atoms with van der Waals surface area (Å²) in [5, 5.41) is 0. The minimum Gasteiger partial charge on any atom is -0.298 e. The number of unbranched alkanes of at least 4 members (excludes halogenated alkanes) is 3. The Balaban J connectivity index is 1.88. The number of carbonyl (C=O) groups is 1. The zero-order valence-electron chi connectivity index (χ0n) is 11.2. The minimum absolute atomic E-state index is 0.243. The molecule has 0 saturated heterocycles. The molecule has 2 atom stereocenters. The van der Waals surface area contributed by atoms with Crippen LogP contribution in [0.4, 0.5) is 0 Å². The van der Waals surface area contributed by atoms with E-state index in [-0.39, 0.29) is 5.97 Å². The van der Waals surface area contributed by atoms with Crippen LogP contribution in [-0.2, 0) is 14.6 Å². The third-order valence-electron chi connectivity index (χ3n) is 3.39. The van der Waals surface area contributed by atoms with E-state index in [0.29, 0.717) is 18.9 Å². The van der Waals surface area contributed by atoms with Crippen LogP contribution in [0.1, 0.15) is 65.2 Å². The molecule has 0 aromatic rings. The maximum absolute atomic E-state index is 11.0. The highest BCUT2D eigenvalue weighted by Crippen LogP contribution is 2.42. The second kappa shape index (κ2) is 8.51. The van der Waals surface area contributed by atoms with Gasteiger partial charge >= 0.3 is 5.97 Å². The van der Waals surface area contributed by atoms with E-state index in [4.69, 9.17) is 4.89 Å². The Kier molecular flexibility index (Phi) is 7.25. The molecule has 3 nitrogen and oxygen atoms in total. The van der Waals surface area contributed by atoms with Crippen LogP contribution in [0.3, 0.4) is 0 Å². The minimum atomic E-state index is -0.243. The van der Waals surface area contributed by atoms with Gasteiger partial charge in [0.15, 0.2) is 0 Å². The summed E-state index contributed by atoms with van der Waals surface area (Å²) in [6.45, 7) is 4.78. The molecule has 0 amide bonds. The van der Waals surface area contributed by atoms with Crippen molar-refractivity contribution in [3.63, 3.8) is 0 Å². The number of carbonyl (C=O) groups excluding carboxylic acids is 1. The Labute approximate surface area is 105 Å². The first-order chi connectivity index (χ1) is 8.27. The molecule has 1 fully saturated rings. The average Bonchev–Trinajstić information content (AvgIpc) is 3.04. The Bertz CT molecular complexity index is 216. The van der Waals surface area contributed by atoms with Crippen molar-refractivity contribution in [2.75, 3.05) is 6.61 Å². The molecule has 0 radical (unpaired) electrons. The highest BCUT2D eigenvalue weighted by atomic mass is 17.2. The van der Waals surface area contributed by atoms with Crippen molar-refractivity contribution in [3.8, 4) is 0 Å². The van der Waals surface area contributed by atoms with E-state index in [0.717, 1.165) is 12.3 Å². The molecule has 1 aliphatic carbocycles. The summed E-state index contributed by atoms with van der Waals surface area (Å²) in [6, 6.07) is 0. The summed E-state index contributed by atoms with van der Waals surface area (Å²) >= 11 is 0. The van der Waals surface area contributed by atoms with Gasteiger partial charge in [-0.2, -0.15) is 4.89 Å². The van der Waals surface area contributed by atoms with Gasteiger partial charge in [-0.25, -0.2) is 4.79 Å². The monoisotopic (exact) mass is 242 g/mol. The van der Waals surface area contributed by atoms with E-state index >= 15 is 0 Å². The molecule has 0 heterocycles. The van der Waals surface area contributed by atoms with Gasteiger partial charge in [-0.3, -0.25) is 4.89 Å². The van der Waals surface area contributed by atoms with E-state index in [1.165, 1.54) is 38.5 Å². The molecule has 0 N–H and O–H groups in total. The summed E-state index contributed by atoms with van der Waals surface area (Å²) in [5.41, 5.74) is 0. The maximum Gasteiger partial charge on any atom is 0.342 e. The molecule has 1 saturated carbocycles. The van der Waals surface area contributed by atoms with Crippen molar-refractivity contribution < 1.29 is 14.6 Å². The van der Waals surface area contributed by atoms with Crippen LogP contribution in [-0.4, -0.2) is 12.6 Å². The van der Waals surface area contributed by atoms with E-state index in [2.05, 4.69) is 11.8 Å². The molecule has 0 aromatic carbocycles. The first-order valence-electron chi connectivity index (χ1n) is 7.10. The molecule has 0 aromatic heterocycles. The second-order valence-corrected chi connectivity index (χ2v) is 5.10. The molecular formula is C14H26O3. The predicted octanol–water partition coefficient (Wildman–Crippen LogP) is 3.87. The lowest BCUT2D eigenvalue weighted by molar-refractivity contribution is -0.274. The van der Waals surface area contributed by atoms with Crippen LogP contribution in [0.15, 0.2) is 0 Å². The smallest absolute Gasteiger partial charge is 0.298 e. The normalized spacial score (nSPS) is 22.5. The quantitative estimate of drug-likeness (QED) is 0.331. The molecule has 0 aliphatic heterocycles. The van der Waals surface area contributed by atoms with Gasteiger partial charge in [-0.15, -0.1) is 0 Å². The van der Waals surface area contributed by atoms with Crippen molar-refractivity contribution in [1.82, 2.24) is 0 Å². The summed E-state index contributed by atoms with van der Waals surface area (Å²) in [4.78, 5) is 20.7. The fourth-order valence-corrected chi connectivity index (χ4v) is 2.13. The summed E-state index contributed by atoms with van der Waals surface area (Å²) in [7, 11) is 0. The number of hydrogen-bond acceptors (Lipinski definition) is 3. The van der Waals surface area contributed by atoms with Gasteiger partial charge < -0.3 is 0 Å². The van der Waals surface area contributed by atoms with Crippen LogP contribution in [0.25, 0.3) is 0 Å². The van der Waals surface area contributed by atoms with Crippen molar-refractivity contribution in [3.05, 3.63) is 0 Å². The highest BCUT2D eigenvalue weighted by molar-refractivity contribution is 5.68. The van der Waals surface area contributed by atoms with Crippen LogP contribution < -0.4 is 0 Å². The lowest BCUT2D eigenvalue weighted by Crippen LogP contribution is -2.07. The molecule has 1 rings (SSSR count). The zero-order valence-corrected chi connectivity index (χ0v) is 11.2. The SMILES string of the molecule is CCCCCCC1CC1COOC(=O)CCC. The number of hydrogen-bond donors (Lipinski definition) is 0. The Morgan fingerprint density at radius 3 is 2.65 bits per heavy atom. The largest absolute Gasteiger partial charge is 0.342 e. The molecule has 3 heteroatoms. The molecule has 0 bridgehead atoms. The van der Waals surface area contributed by atoms with Gasteiger partial charge in [-0.05, 0) is 24.7 Å². The van der Waals surface area contributed by atoms with Crippen LogP contribution in [0, 0.1) is 11.8 Å². The van der Waals surface area contributed by atoms with Gasteiger partial charge in [0.05, 0.1) is 6.61 Å².